The number of carbonyl (C=O) groups excluding carboxylic acids is 1. The first-order valence-electron chi connectivity index (χ1n) is 7.18. The topological polar surface area (TPSA) is 101 Å². The van der Waals surface area contributed by atoms with Gasteiger partial charge in [-0.1, -0.05) is 18.2 Å². The number of nitrogens with zero attached hydrogens (tertiary/aromatic N) is 2. The highest BCUT2D eigenvalue weighted by molar-refractivity contribution is 6.01. The average molecular weight is 317 g/mol. The minimum absolute atomic E-state index is 0.218. The fourth-order valence-corrected chi connectivity index (χ4v) is 2.21. The zero-order chi connectivity index (χ0) is 17.4. The smallest absolute Gasteiger partial charge is 0.357 e. The van der Waals surface area contributed by atoms with Crippen LogP contribution in [0.25, 0.3) is 10.8 Å². The second-order valence-corrected chi connectivity index (χ2v) is 6.36. The van der Waals surface area contributed by atoms with Crippen LogP contribution in [0.5, 0.6) is 0 Å². The molecule has 0 fully saturated rings. The second-order valence-electron chi connectivity index (χ2n) is 6.36. The Morgan fingerprint density at radius 3 is 2.30 bits per heavy atom. The molecule has 2 aromatic rings. The summed E-state index contributed by atoms with van der Waals surface area (Å²) >= 11 is 0. The number of carbonyl (C=O) groups is 2. The monoisotopic (exact) mass is 317 g/mol. The molecule has 0 spiro atoms. The van der Waals surface area contributed by atoms with E-state index in [1.807, 2.05) is 20.8 Å². The number of carboxylic acid groups (broad SMARTS) is 1. The minimum Gasteiger partial charge on any atom is -0.476 e. The van der Waals surface area contributed by atoms with Gasteiger partial charge in [-0.15, -0.1) is 0 Å². The molecule has 23 heavy (non-hydrogen) atoms. The van der Waals surface area contributed by atoms with Crippen LogP contribution in [0.1, 0.15) is 44.2 Å². The third kappa shape index (κ3) is 3.39. The number of fused-ring (bicyclic) bond motifs is 1. The Hall–Kier alpha value is -2.70. The van der Waals surface area contributed by atoms with Crippen molar-refractivity contribution in [3.63, 3.8) is 0 Å². The molecule has 0 aliphatic carbocycles. The number of nitrogens with one attached hydrogen (secondary N) is 1. The number of rotatable bonds is 3. The SMILES string of the molecule is CC(C(=O)NC(C)(C)C)n1nc(C(=O)O)c2ccccc2c1=O. The number of hydrogen-bond acceptors (Lipinski definition) is 4. The number of aromatic nitrogens is 2. The number of hydrogen-bond donors (Lipinski definition) is 2. The zero-order valence-corrected chi connectivity index (χ0v) is 13.5. The Morgan fingerprint density at radius 1 is 1.22 bits per heavy atom. The van der Waals surface area contributed by atoms with Crippen molar-refractivity contribution in [1.29, 1.82) is 0 Å². The number of benzene rings is 1. The van der Waals surface area contributed by atoms with E-state index in [4.69, 9.17) is 0 Å². The minimum atomic E-state index is -1.25. The van der Waals surface area contributed by atoms with Gasteiger partial charge in [0.15, 0.2) is 5.69 Å². The highest BCUT2D eigenvalue weighted by Gasteiger charge is 2.25. The summed E-state index contributed by atoms with van der Waals surface area (Å²) in [5.74, 6) is -1.66. The predicted molar refractivity (Wildman–Crippen MR) is 85.6 cm³/mol. The number of amides is 1. The van der Waals surface area contributed by atoms with Gasteiger partial charge in [-0.25, -0.2) is 9.48 Å². The first-order valence-corrected chi connectivity index (χ1v) is 7.18. The third-order valence-corrected chi connectivity index (χ3v) is 3.28. The molecular formula is C16H19N3O4. The van der Waals surface area contributed by atoms with Crippen LogP contribution in [-0.2, 0) is 4.79 Å². The normalized spacial score (nSPS) is 12.9. The third-order valence-electron chi connectivity index (χ3n) is 3.28. The summed E-state index contributed by atoms with van der Waals surface area (Å²) in [6.07, 6.45) is 0. The molecule has 0 radical (unpaired) electrons. The van der Waals surface area contributed by atoms with Crippen LogP contribution in [0.3, 0.4) is 0 Å². The molecule has 2 N–H and O–H groups in total. The molecule has 1 heterocycles. The molecule has 0 aliphatic heterocycles. The van der Waals surface area contributed by atoms with Gasteiger partial charge in [0, 0.05) is 10.9 Å². The standard InChI is InChI=1S/C16H19N3O4/c1-9(13(20)17-16(2,3)4)19-14(21)11-8-6-5-7-10(11)12(18-19)15(22)23/h5-9H,1-4H3,(H,17,20)(H,22,23). The Morgan fingerprint density at radius 2 is 1.78 bits per heavy atom. The van der Waals surface area contributed by atoms with Gasteiger partial charge in [0.25, 0.3) is 5.56 Å². The molecular weight excluding hydrogens is 298 g/mol. The lowest BCUT2D eigenvalue weighted by Gasteiger charge is -2.23. The van der Waals surface area contributed by atoms with Gasteiger partial charge in [0.05, 0.1) is 5.39 Å². The van der Waals surface area contributed by atoms with Gasteiger partial charge in [-0.05, 0) is 33.8 Å². The predicted octanol–water partition coefficient (Wildman–Crippen LogP) is 1.57. The van der Waals surface area contributed by atoms with Crippen molar-refractivity contribution in [3.05, 3.63) is 40.3 Å². The van der Waals surface area contributed by atoms with Gasteiger partial charge < -0.3 is 10.4 Å². The van der Waals surface area contributed by atoms with Crippen molar-refractivity contribution in [3.8, 4) is 0 Å². The van der Waals surface area contributed by atoms with E-state index in [9.17, 15) is 19.5 Å². The highest BCUT2D eigenvalue weighted by atomic mass is 16.4. The average Bonchev–Trinajstić information content (AvgIpc) is 2.45. The quantitative estimate of drug-likeness (QED) is 0.895. The molecule has 0 bridgehead atoms. The van der Waals surface area contributed by atoms with Gasteiger partial charge in [-0.2, -0.15) is 5.10 Å². The molecule has 1 unspecified atom stereocenters. The van der Waals surface area contributed by atoms with Crippen LogP contribution >= 0.6 is 0 Å². The van der Waals surface area contributed by atoms with Gasteiger partial charge in [-0.3, -0.25) is 9.59 Å². The van der Waals surface area contributed by atoms with E-state index in [0.717, 1.165) is 4.68 Å². The van der Waals surface area contributed by atoms with Crippen LogP contribution in [0.4, 0.5) is 0 Å². The lowest BCUT2D eigenvalue weighted by molar-refractivity contribution is -0.125. The van der Waals surface area contributed by atoms with Gasteiger partial charge in [0.1, 0.15) is 6.04 Å². The van der Waals surface area contributed by atoms with Crippen LogP contribution in [-0.4, -0.2) is 32.3 Å². The van der Waals surface area contributed by atoms with E-state index in [2.05, 4.69) is 10.4 Å². The van der Waals surface area contributed by atoms with Crippen molar-refractivity contribution in [2.75, 3.05) is 0 Å². The van der Waals surface area contributed by atoms with Gasteiger partial charge in [0.2, 0.25) is 5.91 Å². The van der Waals surface area contributed by atoms with E-state index < -0.39 is 29.0 Å². The van der Waals surface area contributed by atoms with Crippen molar-refractivity contribution < 1.29 is 14.7 Å². The van der Waals surface area contributed by atoms with Crippen molar-refractivity contribution in [1.82, 2.24) is 15.1 Å². The molecule has 0 saturated heterocycles. The van der Waals surface area contributed by atoms with Gasteiger partial charge >= 0.3 is 5.97 Å². The Kier molecular flexibility index (Phi) is 4.22. The van der Waals surface area contributed by atoms with E-state index in [1.165, 1.54) is 19.1 Å². The number of aromatic carboxylic acids is 1. The zero-order valence-electron chi connectivity index (χ0n) is 13.5. The Balaban J connectivity index is 2.61. The molecule has 1 amide bonds. The molecule has 7 nitrogen and oxygen atoms in total. The second kappa shape index (κ2) is 5.83. The van der Waals surface area contributed by atoms with Crippen LogP contribution in [0.15, 0.2) is 29.1 Å². The van der Waals surface area contributed by atoms with E-state index >= 15 is 0 Å². The molecule has 7 heteroatoms. The summed E-state index contributed by atoms with van der Waals surface area (Å²) in [5, 5.41) is 16.4. The first-order chi connectivity index (χ1) is 10.6. The fourth-order valence-electron chi connectivity index (χ4n) is 2.21. The summed E-state index contributed by atoms with van der Waals surface area (Å²) in [6, 6.07) is 5.40. The molecule has 0 saturated carbocycles. The summed E-state index contributed by atoms with van der Waals surface area (Å²) in [5.41, 5.74) is -1.22. The molecule has 2 rings (SSSR count). The summed E-state index contributed by atoms with van der Waals surface area (Å²) in [4.78, 5) is 36.2. The summed E-state index contributed by atoms with van der Waals surface area (Å²) < 4.78 is 0.923. The van der Waals surface area contributed by atoms with E-state index in [-0.39, 0.29) is 16.5 Å². The molecule has 1 atom stereocenters. The maximum Gasteiger partial charge on any atom is 0.357 e. The first kappa shape index (κ1) is 16.7. The molecule has 122 valence electrons. The maximum absolute atomic E-state index is 12.5. The summed E-state index contributed by atoms with van der Waals surface area (Å²) in [6.45, 7) is 6.96. The highest BCUT2D eigenvalue weighted by Crippen LogP contribution is 2.15. The Labute approximate surface area is 132 Å². The lowest BCUT2D eigenvalue weighted by Crippen LogP contribution is -2.46. The molecule has 1 aromatic carbocycles. The van der Waals surface area contributed by atoms with Crippen LogP contribution in [0.2, 0.25) is 0 Å². The summed E-state index contributed by atoms with van der Waals surface area (Å²) in [7, 11) is 0. The van der Waals surface area contributed by atoms with Crippen molar-refractivity contribution >= 4 is 22.6 Å². The number of carboxylic acids is 1. The van der Waals surface area contributed by atoms with Crippen molar-refractivity contribution in [2.24, 2.45) is 0 Å². The largest absolute Gasteiger partial charge is 0.476 e. The van der Waals surface area contributed by atoms with E-state index in [0.29, 0.717) is 0 Å². The van der Waals surface area contributed by atoms with Crippen LogP contribution in [0, 0.1) is 0 Å². The fraction of sp³-hybridized carbons (Fsp3) is 0.375. The van der Waals surface area contributed by atoms with E-state index in [1.54, 1.807) is 12.1 Å². The van der Waals surface area contributed by atoms with Crippen molar-refractivity contribution in [2.45, 2.75) is 39.3 Å². The lowest BCUT2D eigenvalue weighted by atomic mass is 10.1. The van der Waals surface area contributed by atoms with Crippen LogP contribution < -0.4 is 10.9 Å². The molecule has 0 aliphatic rings. The Bertz CT molecular complexity index is 833. The molecule has 1 aromatic heterocycles. The maximum atomic E-state index is 12.5.